The van der Waals surface area contributed by atoms with Gasteiger partial charge >= 0.3 is 0 Å². The molecule has 0 bridgehead atoms. The fourth-order valence-corrected chi connectivity index (χ4v) is 1.97. The van der Waals surface area contributed by atoms with E-state index in [9.17, 15) is 0 Å². The second kappa shape index (κ2) is 4.88. The molecule has 86 valence electrons. The van der Waals surface area contributed by atoms with Crippen molar-refractivity contribution in [3.63, 3.8) is 0 Å². The van der Waals surface area contributed by atoms with E-state index in [1.54, 1.807) is 0 Å². The molecule has 0 aliphatic heterocycles. The third-order valence-corrected chi connectivity index (χ3v) is 2.99. The van der Waals surface area contributed by atoms with Gasteiger partial charge in [0.25, 0.3) is 0 Å². The molecule has 0 unspecified atom stereocenters. The Morgan fingerprint density at radius 1 is 1.00 bits per heavy atom. The Labute approximate surface area is 103 Å². The normalized spacial score (nSPS) is 10.9. The Balaban J connectivity index is 2.55. The maximum atomic E-state index is 6.21. The van der Waals surface area contributed by atoms with Crippen molar-refractivity contribution < 1.29 is 0 Å². The minimum Gasteiger partial charge on any atom is -0.398 e. The number of rotatable bonds is 2. The molecule has 0 heterocycles. The summed E-state index contributed by atoms with van der Waals surface area (Å²) in [6, 6.07) is 14.5. The molecule has 2 rings (SSSR count). The summed E-state index contributed by atoms with van der Waals surface area (Å²) in [4.78, 5) is 0. The molecular weight excluding hydrogens is 206 g/mol. The molecule has 0 aliphatic rings. The van der Waals surface area contributed by atoms with Gasteiger partial charge in [0.15, 0.2) is 0 Å². The molecule has 0 saturated carbocycles. The summed E-state index contributed by atoms with van der Waals surface area (Å²) in [5.41, 5.74) is 11.7. The fourth-order valence-electron chi connectivity index (χ4n) is 1.97. The monoisotopic (exact) mass is 223 g/mol. The van der Waals surface area contributed by atoms with Crippen molar-refractivity contribution in [1.29, 1.82) is 0 Å². The lowest BCUT2D eigenvalue weighted by Gasteiger charge is -2.11. The van der Waals surface area contributed by atoms with E-state index in [1.807, 2.05) is 31.2 Å². The predicted octanol–water partition coefficient (Wildman–Crippen LogP) is 4.28. The standard InChI is InChI=1S/C16H17N/c1-3-7-13-10-11-15(16(17)12(13)2)14-8-5-4-6-9-14/h3-11H,17H2,1-2H3/b7-3-. The SMILES string of the molecule is C/C=C\c1ccc(-c2ccccc2)c(N)c1C. The van der Waals surface area contributed by atoms with Crippen LogP contribution >= 0.6 is 0 Å². The number of allylic oxidation sites excluding steroid dienone is 1. The van der Waals surface area contributed by atoms with E-state index in [2.05, 4.69) is 37.3 Å². The Morgan fingerprint density at radius 2 is 1.71 bits per heavy atom. The van der Waals surface area contributed by atoms with E-state index < -0.39 is 0 Å². The summed E-state index contributed by atoms with van der Waals surface area (Å²) in [5.74, 6) is 0. The van der Waals surface area contributed by atoms with Crippen molar-refractivity contribution in [2.24, 2.45) is 0 Å². The minimum atomic E-state index is 0.867. The molecule has 1 nitrogen and oxygen atoms in total. The van der Waals surface area contributed by atoms with Gasteiger partial charge < -0.3 is 5.73 Å². The maximum Gasteiger partial charge on any atom is 0.0429 e. The number of anilines is 1. The van der Waals surface area contributed by atoms with Crippen LogP contribution in [0.5, 0.6) is 0 Å². The van der Waals surface area contributed by atoms with Gasteiger partial charge in [0.1, 0.15) is 0 Å². The molecule has 0 fully saturated rings. The van der Waals surface area contributed by atoms with Crippen LogP contribution in [0, 0.1) is 6.92 Å². The van der Waals surface area contributed by atoms with Crippen LogP contribution in [0.3, 0.4) is 0 Å². The minimum absolute atomic E-state index is 0.867. The van der Waals surface area contributed by atoms with Gasteiger partial charge in [-0.1, -0.05) is 54.6 Å². The van der Waals surface area contributed by atoms with Crippen LogP contribution in [0.25, 0.3) is 17.2 Å². The maximum absolute atomic E-state index is 6.21. The summed E-state index contributed by atoms with van der Waals surface area (Å²) in [6.07, 6.45) is 4.12. The Bertz CT molecular complexity index is 539. The lowest BCUT2D eigenvalue weighted by atomic mass is 9.97. The smallest absolute Gasteiger partial charge is 0.0429 e. The van der Waals surface area contributed by atoms with Crippen LogP contribution in [0.15, 0.2) is 48.5 Å². The molecule has 2 aromatic carbocycles. The average Bonchev–Trinajstić information content (AvgIpc) is 2.36. The van der Waals surface area contributed by atoms with Crippen molar-refractivity contribution in [1.82, 2.24) is 0 Å². The first-order valence-corrected chi connectivity index (χ1v) is 5.81. The summed E-state index contributed by atoms with van der Waals surface area (Å²) < 4.78 is 0. The average molecular weight is 223 g/mol. The molecule has 0 aromatic heterocycles. The predicted molar refractivity (Wildman–Crippen MR) is 75.7 cm³/mol. The second-order valence-corrected chi connectivity index (χ2v) is 4.11. The van der Waals surface area contributed by atoms with Gasteiger partial charge in [0.05, 0.1) is 0 Å². The molecular formula is C16H17N. The number of benzene rings is 2. The van der Waals surface area contributed by atoms with Crippen LogP contribution in [-0.4, -0.2) is 0 Å². The number of nitrogen functional groups attached to an aromatic ring is 1. The van der Waals surface area contributed by atoms with E-state index in [0.29, 0.717) is 0 Å². The summed E-state index contributed by atoms with van der Waals surface area (Å²) in [5, 5.41) is 0. The highest BCUT2D eigenvalue weighted by atomic mass is 14.6. The Hall–Kier alpha value is -2.02. The van der Waals surface area contributed by atoms with Gasteiger partial charge in [-0.25, -0.2) is 0 Å². The molecule has 2 N–H and O–H groups in total. The molecule has 0 amide bonds. The van der Waals surface area contributed by atoms with Gasteiger partial charge in [-0.2, -0.15) is 0 Å². The highest BCUT2D eigenvalue weighted by Crippen LogP contribution is 2.30. The van der Waals surface area contributed by atoms with Crippen LogP contribution in [0.1, 0.15) is 18.1 Å². The Kier molecular flexibility index (Phi) is 3.29. The second-order valence-electron chi connectivity index (χ2n) is 4.11. The first-order chi connectivity index (χ1) is 8.24. The fraction of sp³-hybridized carbons (Fsp3) is 0.125. The third kappa shape index (κ3) is 2.23. The summed E-state index contributed by atoms with van der Waals surface area (Å²) in [6.45, 7) is 4.08. The lowest BCUT2D eigenvalue weighted by molar-refractivity contribution is 1.44. The van der Waals surface area contributed by atoms with E-state index in [4.69, 9.17) is 5.73 Å². The van der Waals surface area contributed by atoms with Crippen LogP contribution in [0.2, 0.25) is 0 Å². The molecule has 17 heavy (non-hydrogen) atoms. The zero-order chi connectivity index (χ0) is 12.3. The number of hydrogen-bond acceptors (Lipinski definition) is 1. The van der Waals surface area contributed by atoms with Crippen molar-refractivity contribution in [3.05, 3.63) is 59.7 Å². The van der Waals surface area contributed by atoms with Crippen LogP contribution in [-0.2, 0) is 0 Å². The number of nitrogens with two attached hydrogens (primary N) is 1. The molecule has 0 spiro atoms. The third-order valence-electron chi connectivity index (χ3n) is 2.99. The Morgan fingerprint density at radius 3 is 2.35 bits per heavy atom. The molecule has 2 aromatic rings. The quantitative estimate of drug-likeness (QED) is 0.756. The molecule has 0 aliphatic carbocycles. The van der Waals surface area contributed by atoms with Gasteiger partial charge in [-0.3, -0.25) is 0 Å². The largest absolute Gasteiger partial charge is 0.398 e. The first kappa shape index (κ1) is 11.5. The molecule has 0 radical (unpaired) electrons. The van der Waals surface area contributed by atoms with Crippen molar-refractivity contribution >= 4 is 11.8 Å². The van der Waals surface area contributed by atoms with Gasteiger partial charge in [0, 0.05) is 11.3 Å². The van der Waals surface area contributed by atoms with E-state index in [-0.39, 0.29) is 0 Å². The highest BCUT2D eigenvalue weighted by Gasteiger charge is 2.06. The van der Waals surface area contributed by atoms with Crippen LogP contribution < -0.4 is 5.73 Å². The zero-order valence-electron chi connectivity index (χ0n) is 10.3. The lowest BCUT2D eigenvalue weighted by Crippen LogP contribution is -1.95. The van der Waals surface area contributed by atoms with E-state index in [1.165, 1.54) is 11.1 Å². The molecule has 0 saturated heterocycles. The van der Waals surface area contributed by atoms with Gasteiger partial charge in [-0.15, -0.1) is 0 Å². The van der Waals surface area contributed by atoms with E-state index >= 15 is 0 Å². The molecule has 0 atom stereocenters. The van der Waals surface area contributed by atoms with Gasteiger partial charge in [0.2, 0.25) is 0 Å². The van der Waals surface area contributed by atoms with E-state index in [0.717, 1.165) is 16.8 Å². The number of hydrogen-bond donors (Lipinski definition) is 1. The summed E-state index contributed by atoms with van der Waals surface area (Å²) >= 11 is 0. The van der Waals surface area contributed by atoms with Crippen LogP contribution in [0.4, 0.5) is 5.69 Å². The van der Waals surface area contributed by atoms with Crippen molar-refractivity contribution in [2.75, 3.05) is 5.73 Å². The zero-order valence-corrected chi connectivity index (χ0v) is 10.3. The summed E-state index contributed by atoms with van der Waals surface area (Å²) in [7, 11) is 0. The van der Waals surface area contributed by atoms with Crippen molar-refractivity contribution in [2.45, 2.75) is 13.8 Å². The van der Waals surface area contributed by atoms with Gasteiger partial charge in [-0.05, 0) is 30.5 Å². The van der Waals surface area contributed by atoms with Crippen molar-refractivity contribution in [3.8, 4) is 11.1 Å². The highest BCUT2D eigenvalue weighted by molar-refractivity contribution is 5.81. The molecule has 1 heteroatoms. The topological polar surface area (TPSA) is 26.0 Å². The first-order valence-electron chi connectivity index (χ1n) is 5.81.